The van der Waals surface area contributed by atoms with Crippen molar-refractivity contribution in [1.82, 2.24) is 24.8 Å². The van der Waals surface area contributed by atoms with E-state index in [0.29, 0.717) is 17.1 Å². The molecule has 1 fully saturated rings. The van der Waals surface area contributed by atoms with Gasteiger partial charge in [-0.1, -0.05) is 9.64 Å². The maximum Gasteiger partial charge on any atom is 1.00 e. The standard InChI is InChI=1S/C16H15N7O5S4.Na/c1-28-21-9(7-5-31-16(17)19-7)12(24)20-10-13(25)23-11(15(26)27)6(4-30-14(10)23)3-29-8-2-18-22-32-8;/h2,5,10,14H,3-4H2,1H3,(H2,17,19)(H,20,24)(H,26,27);/q;+1/p-1/b21-9-;/t10-,14-;/m1./s1. The quantitative estimate of drug-likeness (QED) is 0.111. The molecule has 168 valence electrons. The Balaban J connectivity index is 0.00000306. The molecule has 0 saturated carbocycles. The van der Waals surface area contributed by atoms with E-state index in [0.717, 1.165) is 20.4 Å². The average molecular weight is 536 g/mol. The number of aromatic nitrogens is 3. The number of hydrogen-bond acceptors (Lipinski definition) is 14. The Morgan fingerprint density at radius 1 is 1.48 bits per heavy atom. The fourth-order valence-electron chi connectivity index (χ4n) is 3.06. The largest absolute Gasteiger partial charge is 1.00 e. The van der Waals surface area contributed by atoms with Crippen molar-refractivity contribution >= 4 is 75.0 Å². The Morgan fingerprint density at radius 3 is 2.88 bits per heavy atom. The minimum Gasteiger partial charge on any atom is -0.543 e. The minimum atomic E-state index is -1.44. The van der Waals surface area contributed by atoms with Crippen molar-refractivity contribution in [1.29, 1.82) is 0 Å². The van der Waals surface area contributed by atoms with E-state index in [9.17, 15) is 19.5 Å². The molecule has 2 aromatic heterocycles. The summed E-state index contributed by atoms with van der Waals surface area (Å²) in [6.45, 7) is 0. The smallest absolute Gasteiger partial charge is 0.543 e. The third-order valence-electron chi connectivity index (χ3n) is 4.42. The van der Waals surface area contributed by atoms with Crippen LogP contribution in [0.15, 0.2) is 32.2 Å². The molecule has 0 aliphatic carbocycles. The fraction of sp³-hybridized carbons (Fsp3) is 0.312. The summed E-state index contributed by atoms with van der Waals surface area (Å²) in [6.07, 6.45) is 1.59. The Kier molecular flexibility index (Phi) is 8.76. The first kappa shape index (κ1) is 25.9. The van der Waals surface area contributed by atoms with E-state index in [4.69, 9.17) is 10.6 Å². The average Bonchev–Trinajstić information content (AvgIpc) is 3.45. The van der Waals surface area contributed by atoms with E-state index in [1.165, 1.54) is 47.5 Å². The van der Waals surface area contributed by atoms with Crippen LogP contribution in [0, 0.1) is 0 Å². The van der Waals surface area contributed by atoms with Gasteiger partial charge in [-0.25, -0.2) is 4.98 Å². The Bertz CT molecular complexity index is 1120. The Hall–Kier alpha value is -1.69. The SMILES string of the molecule is CO/N=C(\C(=O)N[C@@H]1C(=O)N2C(C(=O)[O-])=C(CSc3cnns3)CS[C@H]12)c1csc(N)n1.[Na+]. The van der Waals surface area contributed by atoms with Crippen LogP contribution in [0.4, 0.5) is 5.13 Å². The Morgan fingerprint density at radius 2 is 2.27 bits per heavy atom. The zero-order chi connectivity index (χ0) is 22.8. The van der Waals surface area contributed by atoms with E-state index < -0.39 is 29.2 Å². The summed E-state index contributed by atoms with van der Waals surface area (Å²) in [5.74, 6) is -1.96. The predicted molar refractivity (Wildman–Crippen MR) is 118 cm³/mol. The number of amides is 2. The molecule has 4 heterocycles. The number of carbonyl (C=O) groups is 3. The van der Waals surface area contributed by atoms with Gasteiger partial charge in [0.25, 0.3) is 11.8 Å². The van der Waals surface area contributed by atoms with E-state index >= 15 is 0 Å². The zero-order valence-electron chi connectivity index (χ0n) is 17.2. The number of β-lactam (4-membered cyclic amide) rings is 1. The molecule has 0 radical (unpaired) electrons. The molecule has 17 heteroatoms. The number of fused-ring (bicyclic) bond motifs is 1. The molecule has 0 spiro atoms. The van der Waals surface area contributed by atoms with Crippen LogP contribution in [0.25, 0.3) is 0 Å². The number of nitrogen functional groups attached to an aromatic ring is 1. The molecule has 1 saturated heterocycles. The van der Waals surface area contributed by atoms with Crippen molar-refractivity contribution < 1.29 is 53.9 Å². The number of rotatable bonds is 8. The molecule has 2 aliphatic rings. The van der Waals surface area contributed by atoms with Gasteiger partial charge in [-0.2, -0.15) is 0 Å². The number of thioether (sulfide) groups is 2. The maximum atomic E-state index is 12.8. The normalized spacial score (nSPS) is 20.0. The number of carbonyl (C=O) groups excluding carboxylic acids is 3. The first-order valence-electron chi connectivity index (χ1n) is 8.82. The summed E-state index contributed by atoms with van der Waals surface area (Å²) in [5.41, 5.74) is 6.08. The van der Waals surface area contributed by atoms with Crippen molar-refractivity contribution in [2.75, 3.05) is 24.3 Å². The number of nitrogens with zero attached hydrogens (tertiary/aromatic N) is 5. The Labute approximate surface area is 225 Å². The first-order valence-corrected chi connectivity index (χ1v) is 12.5. The van der Waals surface area contributed by atoms with Crippen LogP contribution in [0.3, 0.4) is 0 Å². The number of nitrogens with one attached hydrogen (secondary N) is 1. The topological polar surface area (TPSA) is 176 Å². The molecule has 2 aromatic rings. The molecule has 4 rings (SSSR count). The van der Waals surface area contributed by atoms with Gasteiger partial charge in [0.2, 0.25) is 0 Å². The minimum absolute atomic E-state index is 0. The van der Waals surface area contributed by atoms with Crippen LogP contribution in [0.2, 0.25) is 0 Å². The number of nitrogens with two attached hydrogens (primary N) is 1. The molecular formula is C16H14N7NaO5S4. The molecule has 3 N–H and O–H groups in total. The number of thiazole rings is 1. The van der Waals surface area contributed by atoms with Crippen molar-refractivity contribution in [2.45, 2.75) is 15.6 Å². The van der Waals surface area contributed by atoms with E-state index in [2.05, 4.69) is 25.0 Å². The van der Waals surface area contributed by atoms with Crippen LogP contribution in [0.1, 0.15) is 5.69 Å². The van der Waals surface area contributed by atoms with Crippen molar-refractivity contribution in [3.05, 3.63) is 28.5 Å². The summed E-state index contributed by atoms with van der Waals surface area (Å²) < 4.78 is 4.59. The van der Waals surface area contributed by atoms with Crippen LogP contribution >= 0.6 is 46.4 Å². The number of carboxylic acids is 1. The van der Waals surface area contributed by atoms with Gasteiger partial charge in [-0.15, -0.1) is 40.0 Å². The molecule has 2 atom stereocenters. The summed E-state index contributed by atoms with van der Waals surface area (Å²) >= 11 is 5.06. The second-order valence-electron chi connectivity index (χ2n) is 6.32. The van der Waals surface area contributed by atoms with Gasteiger partial charge in [-0.3, -0.25) is 14.5 Å². The zero-order valence-corrected chi connectivity index (χ0v) is 22.5. The summed E-state index contributed by atoms with van der Waals surface area (Å²) in [7, 11) is 1.27. The molecule has 0 bridgehead atoms. The van der Waals surface area contributed by atoms with Crippen LogP contribution in [0.5, 0.6) is 0 Å². The van der Waals surface area contributed by atoms with E-state index in [1.807, 2.05) is 0 Å². The summed E-state index contributed by atoms with van der Waals surface area (Å²) in [5, 5.41) is 23.0. The maximum absolute atomic E-state index is 12.8. The van der Waals surface area contributed by atoms with Gasteiger partial charge in [0.15, 0.2) is 10.8 Å². The van der Waals surface area contributed by atoms with Crippen molar-refractivity contribution in [3.8, 4) is 0 Å². The summed E-state index contributed by atoms with van der Waals surface area (Å²) in [6, 6.07) is -0.931. The second kappa shape index (κ2) is 11.2. The van der Waals surface area contributed by atoms with E-state index in [1.54, 1.807) is 6.20 Å². The van der Waals surface area contributed by atoms with Gasteiger partial charge < -0.3 is 25.8 Å². The predicted octanol–water partition coefficient (Wildman–Crippen LogP) is -3.87. The molecule has 12 nitrogen and oxygen atoms in total. The number of aliphatic carboxylic acids is 1. The number of hydrogen-bond donors (Lipinski definition) is 2. The van der Waals surface area contributed by atoms with Crippen molar-refractivity contribution in [2.24, 2.45) is 5.16 Å². The first-order chi connectivity index (χ1) is 15.4. The molecule has 0 unspecified atom stereocenters. The number of oxime groups is 1. The second-order valence-corrected chi connectivity index (χ2v) is 10.4. The third-order valence-corrected chi connectivity index (χ3v) is 8.35. The summed E-state index contributed by atoms with van der Waals surface area (Å²) in [4.78, 5) is 47.2. The number of anilines is 1. The fourth-order valence-corrected chi connectivity index (χ4v) is 6.52. The van der Waals surface area contributed by atoms with Crippen molar-refractivity contribution in [3.63, 3.8) is 0 Å². The van der Waals surface area contributed by atoms with Gasteiger partial charge in [0.1, 0.15) is 28.4 Å². The third kappa shape index (κ3) is 5.36. The van der Waals surface area contributed by atoms with Gasteiger partial charge >= 0.3 is 29.6 Å². The monoisotopic (exact) mass is 535 g/mol. The molecule has 33 heavy (non-hydrogen) atoms. The van der Waals surface area contributed by atoms with Gasteiger partial charge in [-0.05, 0) is 17.1 Å². The van der Waals surface area contributed by atoms with Gasteiger partial charge in [0.05, 0.1) is 17.9 Å². The number of carboxylic acid groups (broad SMARTS) is 1. The molecule has 0 aromatic carbocycles. The molecular weight excluding hydrogens is 521 g/mol. The van der Waals surface area contributed by atoms with Gasteiger partial charge in [0, 0.05) is 16.9 Å². The van der Waals surface area contributed by atoms with Crippen LogP contribution in [-0.4, -0.2) is 73.0 Å². The van der Waals surface area contributed by atoms with Crippen LogP contribution < -0.4 is 45.7 Å². The van der Waals surface area contributed by atoms with Crippen LogP contribution in [-0.2, 0) is 19.2 Å². The molecule has 2 amide bonds. The van der Waals surface area contributed by atoms with E-state index in [-0.39, 0.29) is 51.8 Å². The molecule has 2 aliphatic heterocycles.